The number of carbonyl (C=O) groups is 2. The average Bonchev–Trinajstić information content (AvgIpc) is 3.12. The van der Waals surface area contributed by atoms with Crippen LogP contribution in [0.25, 0.3) is 0 Å². The molecule has 1 amide bonds. The van der Waals surface area contributed by atoms with Gasteiger partial charge in [0.15, 0.2) is 0 Å². The van der Waals surface area contributed by atoms with Crippen molar-refractivity contribution in [2.24, 2.45) is 11.8 Å². The Morgan fingerprint density at radius 3 is 2.33 bits per heavy atom. The van der Waals surface area contributed by atoms with E-state index in [1.165, 1.54) is 29.2 Å². The lowest BCUT2D eigenvalue weighted by Crippen LogP contribution is -2.43. The van der Waals surface area contributed by atoms with Crippen molar-refractivity contribution >= 4 is 21.9 Å². The Hall–Kier alpha value is -1.93. The third kappa shape index (κ3) is 4.01. The second kappa shape index (κ2) is 6.91. The van der Waals surface area contributed by atoms with Crippen molar-refractivity contribution in [3.63, 3.8) is 0 Å². The summed E-state index contributed by atoms with van der Waals surface area (Å²) < 4.78 is 27.3. The minimum absolute atomic E-state index is 0.0158. The van der Waals surface area contributed by atoms with Gasteiger partial charge in [0.05, 0.1) is 4.90 Å². The van der Waals surface area contributed by atoms with E-state index in [1.807, 2.05) is 0 Å². The van der Waals surface area contributed by atoms with Gasteiger partial charge < -0.3 is 10.0 Å². The summed E-state index contributed by atoms with van der Waals surface area (Å²) in [5.41, 5.74) is -0.314. The zero-order valence-corrected chi connectivity index (χ0v) is 16.6. The Bertz CT molecular complexity index is 842. The summed E-state index contributed by atoms with van der Waals surface area (Å²) in [6.45, 7) is 5.70. The van der Waals surface area contributed by atoms with E-state index in [4.69, 9.17) is 0 Å². The molecule has 8 heteroatoms. The standard InChI is InChI=1S/C19H26N2O5S/c1-19(2,3)20-27(25,26)14-9-7-12(8-10-14)17(22)21-11-13-5-4-6-15(13)16(21)18(23)24/h7-10,13,15-16,20H,4-6,11H2,1-3H3,(H,23,24). The van der Waals surface area contributed by atoms with Gasteiger partial charge in [-0.15, -0.1) is 0 Å². The molecule has 0 bridgehead atoms. The van der Waals surface area contributed by atoms with E-state index in [0.717, 1.165) is 19.3 Å². The van der Waals surface area contributed by atoms with Gasteiger partial charge in [-0.25, -0.2) is 17.9 Å². The fraction of sp³-hybridized carbons (Fsp3) is 0.579. The summed E-state index contributed by atoms with van der Waals surface area (Å²) in [5.74, 6) is -1.07. The van der Waals surface area contributed by atoms with Crippen LogP contribution in [0.2, 0.25) is 0 Å². The Kier molecular flexibility index (Phi) is 5.07. The molecule has 3 rings (SSSR count). The predicted molar refractivity (Wildman–Crippen MR) is 99.8 cm³/mol. The van der Waals surface area contributed by atoms with Crippen LogP contribution in [-0.2, 0) is 14.8 Å². The Morgan fingerprint density at radius 1 is 1.15 bits per heavy atom. The topological polar surface area (TPSA) is 104 Å². The molecule has 3 atom stereocenters. The van der Waals surface area contributed by atoms with Crippen molar-refractivity contribution in [1.82, 2.24) is 9.62 Å². The molecule has 1 heterocycles. The molecule has 1 aliphatic heterocycles. The van der Waals surface area contributed by atoms with Crippen LogP contribution in [0, 0.1) is 11.8 Å². The number of sulfonamides is 1. The van der Waals surface area contributed by atoms with Crippen LogP contribution in [0.5, 0.6) is 0 Å². The zero-order chi connectivity index (χ0) is 20.0. The molecule has 27 heavy (non-hydrogen) atoms. The molecule has 1 saturated carbocycles. The van der Waals surface area contributed by atoms with E-state index < -0.39 is 27.6 Å². The molecule has 2 fully saturated rings. The molecular weight excluding hydrogens is 368 g/mol. The van der Waals surface area contributed by atoms with Crippen LogP contribution in [0.4, 0.5) is 0 Å². The summed E-state index contributed by atoms with van der Waals surface area (Å²) >= 11 is 0. The summed E-state index contributed by atoms with van der Waals surface area (Å²) in [6.07, 6.45) is 2.80. The van der Waals surface area contributed by atoms with Gasteiger partial charge in [-0.1, -0.05) is 6.42 Å². The lowest BCUT2D eigenvalue weighted by molar-refractivity contribution is -0.142. The van der Waals surface area contributed by atoms with Gasteiger partial charge in [0.1, 0.15) is 6.04 Å². The van der Waals surface area contributed by atoms with Crippen molar-refractivity contribution < 1.29 is 23.1 Å². The third-order valence-corrected chi connectivity index (χ3v) is 7.03. The first-order valence-corrected chi connectivity index (χ1v) is 10.7. The number of likely N-dealkylation sites (tertiary alicyclic amines) is 1. The van der Waals surface area contributed by atoms with Crippen molar-refractivity contribution in [1.29, 1.82) is 0 Å². The summed E-state index contributed by atoms with van der Waals surface area (Å²) in [6, 6.07) is 4.87. The Balaban J connectivity index is 1.81. The number of carbonyl (C=O) groups excluding carboxylic acids is 1. The largest absolute Gasteiger partial charge is 0.480 e. The normalized spacial score (nSPS) is 25.4. The second-order valence-corrected chi connectivity index (χ2v) is 10.2. The lowest BCUT2D eigenvalue weighted by atomic mass is 9.94. The minimum atomic E-state index is -3.69. The number of rotatable bonds is 4. The quantitative estimate of drug-likeness (QED) is 0.814. The highest BCUT2D eigenvalue weighted by Crippen LogP contribution is 2.42. The van der Waals surface area contributed by atoms with Gasteiger partial charge in [0, 0.05) is 17.6 Å². The summed E-state index contributed by atoms with van der Waals surface area (Å²) in [7, 11) is -3.69. The van der Waals surface area contributed by atoms with E-state index in [0.29, 0.717) is 12.1 Å². The number of carboxylic acids is 1. The first-order chi connectivity index (χ1) is 12.5. The number of hydrogen-bond acceptors (Lipinski definition) is 4. The molecule has 1 aromatic carbocycles. The average molecular weight is 394 g/mol. The first kappa shape index (κ1) is 19.8. The minimum Gasteiger partial charge on any atom is -0.480 e. The van der Waals surface area contributed by atoms with E-state index in [9.17, 15) is 23.1 Å². The highest BCUT2D eigenvalue weighted by molar-refractivity contribution is 7.89. The molecule has 0 aromatic heterocycles. The maximum Gasteiger partial charge on any atom is 0.326 e. The molecule has 1 saturated heterocycles. The molecule has 148 valence electrons. The van der Waals surface area contributed by atoms with Crippen LogP contribution in [0.1, 0.15) is 50.4 Å². The number of carboxylic acid groups (broad SMARTS) is 1. The Morgan fingerprint density at radius 2 is 1.78 bits per heavy atom. The molecular formula is C19H26N2O5S. The first-order valence-electron chi connectivity index (χ1n) is 9.17. The monoisotopic (exact) mass is 394 g/mol. The van der Waals surface area contributed by atoms with Crippen LogP contribution < -0.4 is 4.72 Å². The van der Waals surface area contributed by atoms with Crippen LogP contribution >= 0.6 is 0 Å². The second-order valence-electron chi connectivity index (χ2n) is 8.48. The number of nitrogens with one attached hydrogen (secondary N) is 1. The molecule has 7 nitrogen and oxygen atoms in total. The fourth-order valence-corrected chi connectivity index (χ4v) is 5.65. The SMILES string of the molecule is CC(C)(C)NS(=O)(=O)c1ccc(C(=O)N2CC3CCCC3C2C(=O)O)cc1. The van der Waals surface area contributed by atoms with Crippen molar-refractivity contribution in [2.75, 3.05) is 6.54 Å². The van der Waals surface area contributed by atoms with Crippen molar-refractivity contribution in [2.45, 2.75) is 56.5 Å². The Labute approximate surface area is 159 Å². The fourth-order valence-electron chi connectivity index (χ4n) is 4.24. The van der Waals surface area contributed by atoms with Gasteiger partial charge in [0.2, 0.25) is 10.0 Å². The molecule has 1 aromatic rings. The molecule has 1 aliphatic carbocycles. The van der Waals surface area contributed by atoms with Crippen molar-refractivity contribution in [3.8, 4) is 0 Å². The van der Waals surface area contributed by atoms with Crippen molar-refractivity contribution in [3.05, 3.63) is 29.8 Å². The number of aliphatic carboxylic acids is 1. The number of nitrogens with zero attached hydrogens (tertiary/aromatic N) is 1. The highest BCUT2D eigenvalue weighted by atomic mass is 32.2. The number of benzene rings is 1. The van der Waals surface area contributed by atoms with Gasteiger partial charge in [-0.05, 0) is 69.7 Å². The van der Waals surface area contributed by atoms with E-state index >= 15 is 0 Å². The van der Waals surface area contributed by atoms with Crippen LogP contribution in [0.15, 0.2) is 29.2 Å². The van der Waals surface area contributed by atoms with Crippen LogP contribution in [-0.4, -0.2) is 48.4 Å². The number of hydrogen-bond donors (Lipinski definition) is 2. The predicted octanol–water partition coefficient (Wildman–Crippen LogP) is 2.09. The van der Waals surface area contributed by atoms with E-state index in [2.05, 4.69) is 4.72 Å². The summed E-state index contributed by atoms with van der Waals surface area (Å²) in [4.78, 5) is 26.1. The molecule has 0 radical (unpaired) electrons. The maximum absolute atomic E-state index is 12.9. The molecule has 3 unspecified atom stereocenters. The van der Waals surface area contributed by atoms with Crippen LogP contribution in [0.3, 0.4) is 0 Å². The van der Waals surface area contributed by atoms with Gasteiger partial charge in [0.25, 0.3) is 5.91 Å². The van der Waals surface area contributed by atoms with Gasteiger partial charge in [-0.2, -0.15) is 0 Å². The smallest absolute Gasteiger partial charge is 0.326 e. The third-order valence-electron chi connectivity index (χ3n) is 5.26. The lowest BCUT2D eigenvalue weighted by Gasteiger charge is -2.24. The molecule has 2 N–H and O–H groups in total. The maximum atomic E-state index is 12.9. The van der Waals surface area contributed by atoms with Gasteiger partial charge in [-0.3, -0.25) is 4.79 Å². The number of fused-ring (bicyclic) bond motifs is 1. The zero-order valence-electron chi connectivity index (χ0n) is 15.8. The molecule has 0 spiro atoms. The summed E-state index contributed by atoms with van der Waals surface area (Å²) in [5, 5.41) is 9.60. The van der Waals surface area contributed by atoms with Gasteiger partial charge >= 0.3 is 5.97 Å². The molecule has 2 aliphatic rings. The van der Waals surface area contributed by atoms with E-state index in [1.54, 1.807) is 20.8 Å². The highest BCUT2D eigenvalue weighted by Gasteiger charge is 2.49. The number of amides is 1. The van der Waals surface area contributed by atoms with E-state index in [-0.39, 0.29) is 22.6 Å².